The van der Waals surface area contributed by atoms with Gasteiger partial charge in [-0.15, -0.1) is 0 Å². The lowest BCUT2D eigenvalue weighted by atomic mass is 10.3. The molecular formula is C9H13ClN2O2S. The van der Waals surface area contributed by atoms with Crippen molar-refractivity contribution in [3.05, 3.63) is 29.3 Å². The van der Waals surface area contributed by atoms with Crippen molar-refractivity contribution in [2.45, 2.75) is 0 Å². The molecule has 0 atom stereocenters. The number of hydrogen-bond donors (Lipinski definition) is 1. The van der Waals surface area contributed by atoms with Crippen LogP contribution in [0.3, 0.4) is 0 Å². The van der Waals surface area contributed by atoms with Crippen molar-refractivity contribution in [2.24, 2.45) is 5.73 Å². The lowest BCUT2D eigenvalue weighted by Gasteiger charge is -2.22. The second-order valence-corrected chi connectivity index (χ2v) is 5.39. The number of sulfonamides is 1. The quantitative estimate of drug-likeness (QED) is 0.867. The third-order valence-electron chi connectivity index (χ3n) is 1.85. The number of halogens is 1. The molecule has 0 spiro atoms. The number of benzene rings is 1. The van der Waals surface area contributed by atoms with Gasteiger partial charge in [0, 0.05) is 13.1 Å². The maximum absolute atomic E-state index is 11.5. The van der Waals surface area contributed by atoms with E-state index in [1.54, 1.807) is 24.3 Å². The highest BCUT2D eigenvalue weighted by molar-refractivity contribution is 7.92. The van der Waals surface area contributed by atoms with E-state index in [0.717, 1.165) is 6.26 Å². The summed E-state index contributed by atoms with van der Waals surface area (Å²) in [7, 11) is -3.33. The number of nitrogens with two attached hydrogens (primary N) is 1. The summed E-state index contributed by atoms with van der Waals surface area (Å²) in [6.45, 7) is 0.473. The monoisotopic (exact) mass is 248 g/mol. The molecule has 4 nitrogen and oxygen atoms in total. The zero-order chi connectivity index (χ0) is 11.5. The largest absolute Gasteiger partial charge is 0.329 e. The van der Waals surface area contributed by atoms with Crippen LogP contribution in [0.25, 0.3) is 0 Å². The van der Waals surface area contributed by atoms with Crippen LogP contribution >= 0.6 is 11.6 Å². The standard InChI is InChI=1S/C9H13ClN2O2S/c1-15(13,14)12(7-6-11)9-5-3-2-4-8(9)10/h2-5H,6-7,11H2,1H3. The first kappa shape index (κ1) is 12.3. The van der Waals surface area contributed by atoms with Gasteiger partial charge in [-0.3, -0.25) is 4.31 Å². The molecule has 0 aliphatic rings. The molecule has 0 radical (unpaired) electrons. The first-order chi connectivity index (χ1) is 6.96. The number of anilines is 1. The summed E-state index contributed by atoms with van der Waals surface area (Å²) in [5.41, 5.74) is 5.83. The van der Waals surface area contributed by atoms with E-state index in [0.29, 0.717) is 10.7 Å². The fraction of sp³-hybridized carbons (Fsp3) is 0.333. The Morgan fingerprint density at radius 3 is 2.47 bits per heavy atom. The van der Waals surface area contributed by atoms with E-state index in [9.17, 15) is 8.42 Å². The Hall–Kier alpha value is -0.780. The van der Waals surface area contributed by atoms with Crippen molar-refractivity contribution >= 4 is 27.3 Å². The van der Waals surface area contributed by atoms with Gasteiger partial charge in [0.2, 0.25) is 10.0 Å². The summed E-state index contributed by atoms with van der Waals surface area (Å²) < 4.78 is 24.2. The maximum Gasteiger partial charge on any atom is 0.232 e. The molecule has 0 unspecified atom stereocenters. The minimum Gasteiger partial charge on any atom is -0.329 e. The van der Waals surface area contributed by atoms with Crippen molar-refractivity contribution in [2.75, 3.05) is 23.7 Å². The summed E-state index contributed by atoms with van der Waals surface area (Å²) in [4.78, 5) is 0. The number of nitrogens with zero attached hydrogens (tertiary/aromatic N) is 1. The van der Waals surface area contributed by atoms with Gasteiger partial charge >= 0.3 is 0 Å². The normalized spacial score (nSPS) is 11.4. The van der Waals surface area contributed by atoms with E-state index in [2.05, 4.69) is 0 Å². The van der Waals surface area contributed by atoms with E-state index in [-0.39, 0.29) is 13.1 Å². The first-order valence-corrected chi connectivity index (χ1v) is 6.61. The van der Waals surface area contributed by atoms with Crippen LogP contribution in [0.2, 0.25) is 5.02 Å². The van der Waals surface area contributed by atoms with Crippen molar-refractivity contribution < 1.29 is 8.42 Å². The summed E-state index contributed by atoms with van der Waals surface area (Å²) >= 11 is 5.91. The van der Waals surface area contributed by atoms with Crippen LogP contribution in [-0.2, 0) is 10.0 Å². The zero-order valence-electron chi connectivity index (χ0n) is 8.35. The van der Waals surface area contributed by atoms with Gasteiger partial charge in [-0.25, -0.2) is 8.42 Å². The van der Waals surface area contributed by atoms with Crippen LogP contribution < -0.4 is 10.0 Å². The summed E-state index contributed by atoms with van der Waals surface area (Å²) in [6, 6.07) is 6.77. The topological polar surface area (TPSA) is 63.4 Å². The van der Waals surface area contributed by atoms with Crippen LogP contribution in [0.4, 0.5) is 5.69 Å². The molecule has 6 heteroatoms. The van der Waals surface area contributed by atoms with Gasteiger partial charge in [0.1, 0.15) is 0 Å². The van der Waals surface area contributed by atoms with Gasteiger partial charge in [0.25, 0.3) is 0 Å². The van der Waals surface area contributed by atoms with Gasteiger partial charge < -0.3 is 5.73 Å². The molecule has 0 saturated heterocycles. The van der Waals surface area contributed by atoms with Gasteiger partial charge in [0.05, 0.1) is 17.0 Å². The molecule has 2 N–H and O–H groups in total. The molecule has 0 fully saturated rings. The Kier molecular flexibility index (Phi) is 3.96. The molecule has 1 aromatic rings. The van der Waals surface area contributed by atoms with Crippen LogP contribution in [-0.4, -0.2) is 27.8 Å². The molecule has 0 saturated carbocycles. The van der Waals surface area contributed by atoms with Crippen molar-refractivity contribution in [3.63, 3.8) is 0 Å². The molecule has 0 amide bonds. The predicted molar refractivity (Wildman–Crippen MR) is 62.7 cm³/mol. The third-order valence-corrected chi connectivity index (χ3v) is 3.35. The number of rotatable bonds is 4. The van der Waals surface area contributed by atoms with Crippen molar-refractivity contribution in [1.29, 1.82) is 0 Å². The Morgan fingerprint density at radius 1 is 1.40 bits per heavy atom. The van der Waals surface area contributed by atoms with Crippen molar-refractivity contribution in [3.8, 4) is 0 Å². The number of para-hydroxylation sites is 1. The van der Waals surface area contributed by atoms with E-state index in [4.69, 9.17) is 17.3 Å². The molecule has 0 bridgehead atoms. The Morgan fingerprint density at radius 2 is 2.00 bits per heavy atom. The highest BCUT2D eigenvalue weighted by Gasteiger charge is 2.18. The predicted octanol–water partition coefficient (Wildman–Crippen LogP) is 1.06. The summed E-state index contributed by atoms with van der Waals surface area (Å²) in [6.07, 6.45) is 1.13. The van der Waals surface area contributed by atoms with E-state index >= 15 is 0 Å². The molecule has 84 valence electrons. The number of hydrogen-bond acceptors (Lipinski definition) is 3. The Bertz CT molecular complexity index is 433. The lowest BCUT2D eigenvalue weighted by molar-refractivity contribution is 0.597. The molecule has 0 aliphatic carbocycles. The zero-order valence-corrected chi connectivity index (χ0v) is 9.92. The molecular weight excluding hydrogens is 236 g/mol. The Balaban J connectivity index is 3.16. The van der Waals surface area contributed by atoms with Crippen LogP contribution in [0.5, 0.6) is 0 Å². The molecule has 0 aliphatic heterocycles. The smallest absolute Gasteiger partial charge is 0.232 e. The fourth-order valence-corrected chi connectivity index (χ4v) is 2.48. The average Bonchev–Trinajstić information content (AvgIpc) is 2.14. The summed E-state index contributed by atoms with van der Waals surface area (Å²) in [5.74, 6) is 0. The van der Waals surface area contributed by atoms with Gasteiger partial charge in [-0.05, 0) is 12.1 Å². The van der Waals surface area contributed by atoms with Gasteiger partial charge in [-0.2, -0.15) is 0 Å². The molecule has 0 heterocycles. The lowest BCUT2D eigenvalue weighted by Crippen LogP contribution is -2.34. The second-order valence-electron chi connectivity index (χ2n) is 3.08. The fourth-order valence-electron chi connectivity index (χ4n) is 1.24. The van der Waals surface area contributed by atoms with Gasteiger partial charge in [-0.1, -0.05) is 23.7 Å². The highest BCUT2D eigenvalue weighted by Crippen LogP contribution is 2.26. The molecule has 1 rings (SSSR count). The van der Waals surface area contributed by atoms with Crippen molar-refractivity contribution in [1.82, 2.24) is 0 Å². The van der Waals surface area contributed by atoms with Crippen LogP contribution in [0, 0.1) is 0 Å². The first-order valence-electron chi connectivity index (χ1n) is 4.39. The minimum atomic E-state index is -3.33. The summed E-state index contributed by atoms with van der Waals surface area (Å²) in [5, 5.41) is 0.399. The maximum atomic E-state index is 11.5. The molecule has 15 heavy (non-hydrogen) atoms. The van der Waals surface area contributed by atoms with E-state index in [1.165, 1.54) is 4.31 Å². The second kappa shape index (κ2) is 4.83. The van der Waals surface area contributed by atoms with E-state index in [1.807, 2.05) is 0 Å². The minimum absolute atomic E-state index is 0.225. The SMILES string of the molecule is CS(=O)(=O)N(CCN)c1ccccc1Cl. The van der Waals surface area contributed by atoms with Gasteiger partial charge in [0.15, 0.2) is 0 Å². The molecule has 0 aromatic heterocycles. The highest BCUT2D eigenvalue weighted by atomic mass is 35.5. The van der Waals surface area contributed by atoms with E-state index < -0.39 is 10.0 Å². The Labute approximate surface area is 94.7 Å². The average molecular weight is 249 g/mol. The van der Waals surface area contributed by atoms with Crippen LogP contribution in [0.15, 0.2) is 24.3 Å². The third kappa shape index (κ3) is 3.09. The molecule has 1 aromatic carbocycles. The van der Waals surface area contributed by atoms with Crippen LogP contribution in [0.1, 0.15) is 0 Å².